The number of benzene rings is 1. The molecular weight excluding hydrogens is 268 g/mol. The first kappa shape index (κ1) is 13.4. The van der Waals surface area contributed by atoms with E-state index in [0.29, 0.717) is 19.4 Å². The number of hydrogen-bond donors (Lipinski definition) is 0. The molecule has 0 bridgehead atoms. The number of rotatable bonds is 7. The lowest BCUT2D eigenvalue weighted by molar-refractivity contribution is -0.118. The molecule has 0 N–H and O–H groups in total. The Hall–Kier alpha value is -0.670. The zero-order valence-corrected chi connectivity index (χ0v) is 11.1. The lowest BCUT2D eigenvalue weighted by Gasteiger charge is -2.02. The van der Waals surface area contributed by atoms with E-state index in [1.165, 1.54) is 0 Å². The molecule has 1 aromatic carbocycles. The molecular formula is C13H17BrO2. The van der Waals surface area contributed by atoms with Crippen molar-refractivity contribution in [2.24, 2.45) is 0 Å². The molecule has 0 aliphatic rings. The minimum Gasteiger partial charge on any atom is -0.382 e. The minimum atomic E-state index is 0.280. The molecule has 3 heteroatoms. The Kier molecular flexibility index (Phi) is 6.34. The fourth-order valence-electron chi connectivity index (χ4n) is 1.43. The van der Waals surface area contributed by atoms with Crippen LogP contribution in [0, 0.1) is 0 Å². The molecule has 16 heavy (non-hydrogen) atoms. The third-order valence-corrected chi connectivity index (χ3v) is 2.79. The molecule has 0 radical (unpaired) electrons. The molecule has 88 valence electrons. The Morgan fingerprint density at radius 1 is 1.31 bits per heavy atom. The van der Waals surface area contributed by atoms with Crippen molar-refractivity contribution < 1.29 is 9.53 Å². The summed E-state index contributed by atoms with van der Waals surface area (Å²) in [7, 11) is 0. The first-order valence-corrected chi connectivity index (χ1v) is 6.35. The molecule has 1 rings (SSSR count). The van der Waals surface area contributed by atoms with Gasteiger partial charge >= 0.3 is 0 Å². The zero-order chi connectivity index (χ0) is 11.8. The van der Waals surface area contributed by atoms with Gasteiger partial charge in [-0.3, -0.25) is 4.79 Å². The van der Waals surface area contributed by atoms with Crippen LogP contribution >= 0.6 is 15.9 Å². The molecule has 0 saturated heterocycles. The maximum absolute atomic E-state index is 11.6. The summed E-state index contributed by atoms with van der Waals surface area (Å²) < 4.78 is 6.23. The van der Waals surface area contributed by atoms with E-state index >= 15 is 0 Å². The van der Waals surface area contributed by atoms with Crippen LogP contribution in [-0.2, 0) is 16.0 Å². The highest BCUT2D eigenvalue weighted by molar-refractivity contribution is 9.10. The van der Waals surface area contributed by atoms with E-state index in [2.05, 4.69) is 15.9 Å². The van der Waals surface area contributed by atoms with E-state index in [1.54, 1.807) is 0 Å². The largest absolute Gasteiger partial charge is 0.382 e. The Balaban J connectivity index is 2.26. The minimum absolute atomic E-state index is 0.280. The summed E-state index contributed by atoms with van der Waals surface area (Å²) >= 11 is 3.37. The van der Waals surface area contributed by atoms with Gasteiger partial charge in [0.05, 0.1) is 0 Å². The Bertz CT molecular complexity index is 319. The van der Waals surface area contributed by atoms with Crippen molar-refractivity contribution in [1.82, 2.24) is 0 Å². The molecule has 0 atom stereocenters. The Labute approximate surface area is 105 Å². The van der Waals surface area contributed by atoms with Gasteiger partial charge < -0.3 is 4.74 Å². The summed E-state index contributed by atoms with van der Waals surface area (Å²) in [5.74, 6) is 0.280. The zero-order valence-electron chi connectivity index (χ0n) is 9.54. The lowest BCUT2D eigenvalue weighted by Crippen LogP contribution is -2.04. The second-order valence-electron chi connectivity index (χ2n) is 3.64. The van der Waals surface area contributed by atoms with Crippen LogP contribution in [0.1, 0.15) is 25.3 Å². The summed E-state index contributed by atoms with van der Waals surface area (Å²) in [5, 5.41) is 0. The van der Waals surface area contributed by atoms with Gasteiger partial charge in [-0.2, -0.15) is 0 Å². The average Bonchev–Trinajstić information content (AvgIpc) is 2.28. The van der Waals surface area contributed by atoms with Crippen LogP contribution in [0.2, 0.25) is 0 Å². The van der Waals surface area contributed by atoms with Gasteiger partial charge in [-0.1, -0.05) is 28.1 Å². The number of hydrogen-bond acceptors (Lipinski definition) is 2. The monoisotopic (exact) mass is 284 g/mol. The number of carbonyl (C=O) groups excluding carboxylic acids is 1. The number of ether oxygens (including phenoxy) is 1. The van der Waals surface area contributed by atoms with Gasteiger partial charge in [0, 0.05) is 30.5 Å². The van der Waals surface area contributed by atoms with Gasteiger partial charge in [-0.05, 0) is 31.0 Å². The molecule has 0 heterocycles. The molecule has 0 amide bonds. The molecule has 0 aliphatic heterocycles. The predicted octanol–water partition coefficient (Wildman–Crippen LogP) is 3.38. The Morgan fingerprint density at radius 3 is 2.62 bits per heavy atom. The van der Waals surface area contributed by atoms with Crippen LogP contribution < -0.4 is 0 Å². The molecule has 0 aliphatic carbocycles. The fourth-order valence-corrected chi connectivity index (χ4v) is 1.70. The standard InChI is InChI=1S/C13H17BrO2/c1-2-16-9-3-4-13(15)10-11-5-7-12(14)8-6-11/h5-8H,2-4,9-10H2,1H3. The van der Waals surface area contributed by atoms with E-state index in [0.717, 1.165) is 23.1 Å². The van der Waals surface area contributed by atoms with Crippen LogP contribution in [-0.4, -0.2) is 19.0 Å². The number of Topliss-reactive ketones (excluding diaryl/α,β-unsaturated/α-hetero) is 1. The molecule has 0 unspecified atom stereocenters. The van der Waals surface area contributed by atoms with Gasteiger partial charge in [0.15, 0.2) is 0 Å². The number of halogens is 1. The first-order valence-electron chi connectivity index (χ1n) is 5.56. The van der Waals surface area contributed by atoms with Crippen LogP contribution in [0.5, 0.6) is 0 Å². The summed E-state index contributed by atoms with van der Waals surface area (Å²) in [6.07, 6.45) is 1.96. The van der Waals surface area contributed by atoms with Crippen molar-refractivity contribution in [3.8, 4) is 0 Å². The maximum atomic E-state index is 11.6. The van der Waals surface area contributed by atoms with Gasteiger partial charge in [-0.15, -0.1) is 0 Å². The van der Waals surface area contributed by atoms with Gasteiger partial charge in [0.25, 0.3) is 0 Å². The number of carbonyl (C=O) groups is 1. The normalized spacial score (nSPS) is 10.4. The molecule has 0 saturated carbocycles. The van der Waals surface area contributed by atoms with Crippen molar-refractivity contribution in [2.75, 3.05) is 13.2 Å². The third kappa shape index (κ3) is 5.42. The topological polar surface area (TPSA) is 26.3 Å². The molecule has 1 aromatic rings. The average molecular weight is 285 g/mol. The van der Waals surface area contributed by atoms with Crippen molar-refractivity contribution in [2.45, 2.75) is 26.2 Å². The molecule has 0 fully saturated rings. The van der Waals surface area contributed by atoms with Crippen LogP contribution in [0.3, 0.4) is 0 Å². The van der Waals surface area contributed by atoms with Crippen molar-refractivity contribution in [1.29, 1.82) is 0 Å². The van der Waals surface area contributed by atoms with Crippen LogP contribution in [0.25, 0.3) is 0 Å². The van der Waals surface area contributed by atoms with Crippen molar-refractivity contribution in [3.05, 3.63) is 34.3 Å². The first-order chi connectivity index (χ1) is 7.72. The van der Waals surface area contributed by atoms with Crippen molar-refractivity contribution >= 4 is 21.7 Å². The fraction of sp³-hybridized carbons (Fsp3) is 0.462. The highest BCUT2D eigenvalue weighted by Gasteiger charge is 2.03. The predicted molar refractivity (Wildman–Crippen MR) is 68.6 cm³/mol. The summed E-state index contributed by atoms with van der Waals surface area (Å²) in [5.41, 5.74) is 1.07. The second-order valence-corrected chi connectivity index (χ2v) is 4.56. The lowest BCUT2D eigenvalue weighted by atomic mass is 10.1. The van der Waals surface area contributed by atoms with E-state index in [1.807, 2.05) is 31.2 Å². The SMILES string of the molecule is CCOCCCC(=O)Cc1ccc(Br)cc1. The third-order valence-electron chi connectivity index (χ3n) is 2.26. The second kappa shape index (κ2) is 7.58. The quantitative estimate of drug-likeness (QED) is 0.718. The van der Waals surface area contributed by atoms with E-state index in [9.17, 15) is 4.79 Å². The highest BCUT2D eigenvalue weighted by Crippen LogP contribution is 2.11. The molecule has 2 nitrogen and oxygen atoms in total. The number of ketones is 1. The maximum Gasteiger partial charge on any atom is 0.137 e. The van der Waals surface area contributed by atoms with Crippen LogP contribution in [0.15, 0.2) is 28.7 Å². The van der Waals surface area contributed by atoms with E-state index in [-0.39, 0.29) is 5.78 Å². The smallest absolute Gasteiger partial charge is 0.137 e. The summed E-state index contributed by atoms with van der Waals surface area (Å²) in [4.78, 5) is 11.6. The van der Waals surface area contributed by atoms with Gasteiger partial charge in [0.2, 0.25) is 0 Å². The van der Waals surface area contributed by atoms with E-state index < -0.39 is 0 Å². The molecule has 0 aromatic heterocycles. The van der Waals surface area contributed by atoms with E-state index in [4.69, 9.17) is 4.74 Å². The Morgan fingerprint density at radius 2 is 2.00 bits per heavy atom. The van der Waals surface area contributed by atoms with Gasteiger partial charge in [-0.25, -0.2) is 0 Å². The molecule has 0 spiro atoms. The summed E-state index contributed by atoms with van der Waals surface area (Å²) in [6, 6.07) is 7.88. The van der Waals surface area contributed by atoms with Gasteiger partial charge in [0.1, 0.15) is 5.78 Å². The highest BCUT2D eigenvalue weighted by atomic mass is 79.9. The van der Waals surface area contributed by atoms with Crippen molar-refractivity contribution in [3.63, 3.8) is 0 Å². The van der Waals surface area contributed by atoms with Crippen LogP contribution in [0.4, 0.5) is 0 Å². The summed E-state index contributed by atoms with van der Waals surface area (Å²) in [6.45, 7) is 3.37.